The van der Waals surface area contributed by atoms with Gasteiger partial charge in [-0.3, -0.25) is 9.59 Å². The summed E-state index contributed by atoms with van der Waals surface area (Å²) < 4.78 is 17.9. The Labute approximate surface area is 156 Å². The molecule has 1 fully saturated rings. The molecule has 1 heterocycles. The first kappa shape index (κ1) is 18.6. The molecule has 1 aliphatic rings. The Bertz CT molecular complexity index is 859. The molecular formula is C20H19FN2O4. The van der Waals surface area contributed by atoms with Gasteiger partial charge in [-0.1, -0.05) is 6.07 Å². The van der Waals surface area contributed by atoms with Crippen LogP contribution in [-0.4, -0.2) is 60.9 Å². The van der Waals surface area contributed by atoms with Crippen molar-refractivity contribution in [2.75, 3.05) is 33.3 Å². The number of rotatable bonds is 3. The molecule has 0 unspecified atom stereocenters. The van der Waals surface area contributed by atoms with Gasteiger partial charge in [0.05, 0.1) is 12.7 Å². The average molecular weight is 370 g/mol. The van der Waals surface area contributed by atoms with Crippen molar-refractivity contribution >= 4 is 17.8 Å². The Morgan fingerprint density at radius 2 is 1.33 bits per heavy atom. The summed E-state index contributed by atoms with van der Waals surface area (Å²) in [5.74, 6) is -1.32. The van der Waals surface area contributed by atoms with E-state index in [2.05, 4.69) is 4.74 Å². The summed E-state index contributed by atoms with van der Waals surface area (Å²) in [5.41, 5.74) is 1.14. The highest BCUT2D eigenvalue weighted by molar-refractivity contribution is 5.97. The van der Waals surface area contributed by atoms with Gasteiger partial charge in [-0.05, 0) is 42.5 Å². The minimum atomic E-state index is -0.460. The Hall–Kier alpha value is -3.22. The maximum Gasteiger partial charge on any atom is 0.337 e. The Morgan fingerprint density at radius 3 is 1.85 bits per heavy atom. The SMILES string of the molecule is COC(=O)c1ccc(C(=O)N2CCN(C(=O)c3cccc(F)c3)CC2)cc1. The highest BCUT2D eigenvalue weighted by Crippen LogP contribution is 2.14. The van der Waals surface area contributed by atoms with E-state index in [1.807, 2.05) is 0 Å². The van der Waals surface area contributed by atoms with Crippen molar-refractivity contribution in [1.82, 2.24) is 9.80 Å². The van der Waals surface area contributed by atoms with E-state index in [-0.39, 0.29) is 11.8 Å². The molecule has 1 saturated heterocycles. The molecule has 0 N–H and O–H groups in total. The summed E-state index contributed by atoms with van der Waals surface area (Å²) in [6.45, 7) is 1.53. The number of benzene rings is 2. The van der Waals surface area contributed by atoms with Gasteiger partial charge in [0, 0.05) is 37.3 Å². The molecule has 2 amide bonds. The fourth-order valence-corrected chi connectivity index (χ4v) is 2.97. The third-order valence-corrected chi connectivity index (χ3v) is 4.48. The van der Waals surface area contributed by atoms with Crippen molar-refractivity contribution in [3.63, 3.8) is 0 Å². The van der Waals surface area contributed by atoms with E-state index in [1.54, 1.807) is 40.1 Å². The predicted molar refractivity (Wildman–Crippen MR) is 96.0 cm³/mol. The molecule has 0 aromatic heterocycles. The average Bonchev–Trinajstić information content (AvgIpc) is 2.72. The van der Waals surface area contributed by atoms with Crippen molar-refractivity contribution in [3.05, 3.63) is 71.0 Å². The first-order valence-corrected chi connectivity index (χ1v) is 8.52. The molecule has 27 heavy (non-hydrogen) atoms. The number of piperazine rings is 1. The van der Waals surface area contributed by atoms with Gasteiger partial charge in [-0.25, -0.2) is 9.18 Å². The first-order valence-electron chi connectivity index (χ1n) is 8.52. The maximum atomic E-state index is 13.3. The second-order valence-electron chi connectivity index (χ2n) is 6.16. The first-order chi connectivity index (χ1) is 13.0. The van der Waals surface area contributed by atoms with Gasteiger partial charge >= 0.3 is 5.97 Å². The highest BCUT2D eigenvalue weighted by atomic mass is 19.1. The summed E-state index contributed by atoms with van der Waals surface area (Å²) in [6, 6.07) is 11.8. The fraction of sp³-hybridized carbons (Fsp3) is 0.250. The quantitative estimate of drug-likeness (QED) is 0.777. The van der Waals surface area contributed by atoms with Crippen LogP contribution in [0.25, 0.3) is 0 Å². The van der Waals surface area contributed by atoms with Crippen LogP contribution in [0, 0.1) is 5.82 Å². The summed E-state index contributed by atoms with van der Waals surface area (Å²) in [6.07, 6.45) is 0. The van der Waals surface area contributed by atoms with Crippen LogP contribution in [0.15, 0.2) is 48.5 Å². The van der Waals surface area contributed by atoms with Crippen LogP contribution in [0.3, 0.4) is 0 Å². The van der Waals surface area contributed by atoms with Crippen molar-refractivity contribution in [2.24, 2.45) is 0 Å². The second kappa shape index (κ2) is 7.99. The molecule has 6 nitrogen and oxygen atoms in total. The largest absolute Gasteiger partial charge is 0.465 e. The van der Waals surface area contributed by atoms with E-state index in [0.29, 0.717) is 42.9 Å². The van der Waals surface area contributed by atoms with Crippen LogP contribution in [-0.2, 0) is 4.74 Å². The van der Waals surface area contributed by atoms with E-state index < -0.39 is 11.8 Å². The molecular weight excluding hydrogens is 351 g/mol. The molecule has 7 heteroatoms. The standard InChI is InChI=1S/C20H19FN2O4/c1-27-20(26)15-7-5-14(6-8-15)18(24)22-9-11-23(12-10-22)19(25)16-3-2-4-17(21)13-16/h2-8,13H,9-12H2,1H3. The number of halogens is 1. The Balaban J connectivity index is 1.61. The van der Waals surface area contributed by atoms with Crippen molar-refractivity contribution in [3.8, 4) is 0 Å². The summed E-state index contributed by atoms with van der Waals surface area (Å²) in [4.78, 5) is 39.8. The number of amides is 2. The molecule has 0 saturated carbocycles. The highest BCUT2D eigenvalue weighted by Gasteiger charge is 2.25. The number of carbonyl (C=O) groups is 3. The summed E-state index contributed by atoms with van der Waals surface area (Å²) in [7, 11) is 1.30. The second-order valence-corrected chi connectivity index (χ2v) is 6.16. The van der Waals surface area contributed by atoms with E-state index in [9.17, 15) is 18.8 Å². The van der Waals surface area contributed by atoms with E-state index in [0.717, 1.165) is 0 Å². The molecule has 1 aliphatic heterocycles. The monoisotopic (exact) mass is 370 g/mol. The number of hydrogen-bond donors (Lipinski definition) is 0. The van der Waals surface area contributed by atoms with Crippen LogP contribution >= 0.6 is 0 Å². The molecule has 0 bridgehead atoms. The molecule has 0 aliphatic carbocycles. The third-order valence-electron chi connectivity index (χ3n) is 4.48. The maximum absolute atomic E-state index is 13.3. The minimum Gasteiger partial charge on any atom is -0.465 e. The molecule has 140 valence electrons. The normalized spacial score (nSPS) is 14.0. The third kappa shape index (κ3) is 4.13. The topological polar surface area (TPSA) is 66.9 Å². The number of carbonyl (C=O) groups excluding carboxylic acids is 3. The summed E-state index contributed by atoms with van der Waals surface area (Å²) in [5, 5.41) is 0. The summed E-state index contributed by atoms with van der Waals surface area (Å²) >= 11 is 0. The Kier molecular flexibility index (Phi) is 5.49. The molecule has 2 aromatic rings. The number of ether oxygens (including phenoxy) is 1. The number of methoxy groups -OCH3 is 1. The lowest BCUT2D eigenvalue weighted by Gasteiger charge is -2.35. The fourth-order valence-electron chi connectivity index (χ4n) is 2.97. The van der Waals surface area contributed by atoms with Crippen LogP contribution < -0.4 is 0 Å². The van der Waals surface area contributed by atoms with Gasteiger partial charge in [0.2, 0.25) is 0 Å². The molecule has 0 spiro atoms. The number of hydrogen-bond acceptors (Lipinski definition) is 4. The zero-order chi connectivity index (χ0) is 19.4. The molecule has 0 atom stereocenters. The lowest BCUT2D eigenvalue weighted by molar-refractivity contribution is 0.0535. The Morgan fingerprint density at radius 1 is 0.815 bits per heavy atom. The predicted octanol–water partition coefficient (Wildman–Crippen LogP) is 2.21. The van der Waals surface area contributed by atoms with E-state index in [4.69, 9.17) is 0 Å². The van der Waals surface area contributed by atoms with Crippen molar-refractivity contribution < 1.29 is 23.5 Å². The van der Waals surface area contributed by atoms with E-state index >= 15 is 0 Å². The van der Waals surface area contributed by atoms with Gasteiger partial charge in [-0.2, -0.15) is 0 Å². The number of nitrogens with zero attached hydrogens (tertiary/aromatic N) is 2. The minimum absolute atomic E-state index is 0.163. The molecule has 3 rings (SSSR count). The van der Waals surface area contributed by atoms with Crippen LogP contribution in [0.4, 0.5) is 4.39 Å². The zero-order valence-electron chi connectivity index (χ0n) is 14.9. The van der Waals surface area contributed by atoms with Crippen LogP contribution in [0.5, 0.6) is 0 Å². The molecule has 2 aromatic carbocycles. The lowest BCUT2D eigenvalue weighted by atomic mass is 10.1. The van der Waals surface area contributed by atoms with E-state index in [1.165, 1.54) is 25.3 Å². The van der Waals surface area contributed by atoms with Gasteiger partial charge in [0.15, 0.2) is 0 Å². The lowest BCUT2D eigenvalue weighted by Crippen LogP contribution is -2.50. The van der Waals surface area contributed by atoms with Crippen molar-refractivity contribution in [1.29, 1.82) is 0 Å². The van der Waals surface area contributed by atoms with Gasteiger partial charge in [0.25, 0.3) is 11.8 Å². The van der Waals surface area contributed by atoms with Crippen LogP contribution in [0.2, 0.25) is 0 Å². The van der Waals surface area contributed by atoms with Gasteiger partial charge in [-0.15, -0.1) is 0 Å². The van der Waals surface area contributed by atoms with Crippen molar-refractivity contribution in [2.45, 2.75) is 0 Å². The van der Waals surface area contributed by atoms with Crippen LogP contribution in [0.1, 0.15) is 31.1 Å². The van der Waals surface area contributed by atoms with Gasteiger partial charge in [0.1, 0.15) is 5.82 Å². The molecule has 0 radical (unpaired) electrons. The van der Waals surface area contributed by atoms with Gasteiger partial charge < -0.3 is 14.5 Å². The number of esters is 1. The smallest absolute Gasteiger partial charge is 0.337 e. The zero-order valence-corrected chi connectivity index (χ0v) is 14.9.